The molecule has 0 spiro atoms. The molecule has 0 aliphatic heterocycles. The van der Waals surface area contributed by atoms with Crippen molar-refractivity contribution in [3.05, 3.63) is 27.7 Å². The molecule has 0 aliphatic rings. The van der Waals surface area contributed by atoms with Gasteiger partial charge >= 0.3 is 0 Å². The molecule has 0 unspecified atom stereocenters. The van der Waals surface area contributed by atoms with Gasteiger partial charge < -0.3 is 15.9 Å². The van der Waals surface area contributed by atoms with Gasteiger partial charge in [0.2, 0.25) is 0 Å². The molecule has 0 aromatic heterocycles. The van der Waals surface area contributed by atoms with Gasteiger partial charge in [-0.05, 0) is 30.5 Å². The lowest BCUT2D eigenvalue weighted by Crippen LogP contribution is -2.10. The molecule has 0 fully saturated rings. The molecule has 84 valence electrons. The summed E-state index contributed by atoms with van der Waals surface area (Å²) in [5.41, 5.74) is 6.62. The van der Waals surface area contributed by atoms with Crippen LogP contribution in [-0.4, -0.2) is 16.8 Å². The predicted octanol–water partition coefficient (Wildman–Crippen LogP) is 2.47. The molecule has 3 nitrogen and oxygen atoms in total. The fourth-order valence-corrected chi connectivity index (χ4v) is 1.78. The van der Waals surface area contributed by atoms with Crippen molar-refractivity contribution < 1.29 is 10.2 Å². The molecule has 0 aliphatic carbocycles. The second kappa shape index (κ2) is 5.56. The molecule has 15 heavy (non-hydrogen) atoms. The van der Waals surface area contributed by atoms with Crippen LogP contribution in [0.1, 0.15) is 24.4 Å². The number of aliphatic hydroxyl groups is 1. The molecule has 0 bridgehead atoms. The first-order valence-electron chi connectivity index (χ1n) is 4.60. The summed E-state index contributed by atoms with van der Waals surface area (Å²) in [4.78, 5) is 0. The number of rotatable bonds is 4. The molecule has 0 saturated carbocycles. The van der Waals surface area contributed by atoms with Gasteiger partial charge in [-0.1, -0.05) is 23.2 Å². The Kier molecular flexibility index (Phi) is 4.67. The van der Waals surface area contributed by atoms with Crippen LogP contribution in [0, 0.1) is 0 Å². The SMILES string of the molecule is N[C@H](CCCO)c1cc(Cl)c(O)c(Cl)c1. The summed E-state index contributed by atoms with van der Waals surface area (Å²) in [6.45, 7) is 0.104. The highest BCUT2D eigenvalue weighted by atomic mass is 35.5. The summed E-state index contributed by atoms with van der Waals surface area (Å²) >= 11 is 11.5. The van der Waals surface area contributed by atoms with Crippen LogP contribution >= 0.6 is 23.2 Å². The Hall–Kier alpha value is -0.480. The van der Waals surface area contributed by atoms with Crippen molar-refractivity contribution in [2.24, 2.45) is 5.73 Å². The maximum Gasteiger partial charge on any atom is 0.152 e. The molecular weight excluding hydrogens is 237 g/mol. The zero-order chi connectivity index (χ0) is 11.4. The fraction of sp³-hybridized carbons (Fsp3) is 0.400. The first kappa shape index (κ1) is 12.6. The van der Waals surface area contributed by atoms with Gasteiger partial charge in [-0.25, -0.2) is 0 Å². The van der Waals surface area contributed by atoms with Crippen molar-refractivity contribution in [3.63, 3.8) is 0 Å². The summed E-state index contributed by atoms with van der Waals surface area (Å²) in [5, 5.41) is 18.4. The molecule has 0 heterocycles. The highest BCUT2D eigenvalue weighted by Crippen LogP contribution is 2.34. The van der Waals surface area contributed by atoms with Crippen LogP contribution < -0.4 is 5.73 Å². The summed E-state index contributed by atoms with van der Waals surface area (Å²) in [6.07, 6.45) is 1.27. The summed E-state index contributed by atoms with van der Waals surface area (Å²) in [7, 11) is 0. The van der Waals surface area contributed by atoms with E-state index in [9.17, 15) is 5.11 Å². The van der Waals surface area contributed by atoms with E-state index in [4.69, 9.17) is 34.0 Å². The molecule has 0 saturated heterocycles. The second-order valence-corrected chi connectivity index (χ2v) is 4.12. The third-order valence-corrected chi connectivity index (χ3v) is 2.72. The van der Waals surface area contributed by atoms with Gasteiger partial charge in [-0.15, -0.1) is 0 Å². The quantitative estimate of drug-likeness (QED) is 0.768. The maximum atomic E-state index is 9.34. The first-order valence-corrected chi connectivity index (χ1v) is 5.36. The highest BCUT2D eigenvalue weighted by Gasteiger charge is 2.11. The van der Waals surface area contributed by atoms with Crippen molar-refractivity contribution in [3.8, 4) is 5.75 Å². The van der Waals surface area contributed by atoms with E-state index in [-0.39, 0.29) is 28.4 Å². The smallest absolute Gasteiger partial charge is 0.152 e. The van der Waals surface area contributed by atoms with Crippen LogP contribution in [0.2, 0.25) is 10.0 Å². The van der Waals surface area contributed by atoms with E-state index in [1.807, 2.05) is 0 Å². The standard InChI is InChI=1S/C10H13Cl2NO2/c11-7-4-6(5-8(12)10(7)15)9(13)2-1-3-14/h4-5,9,14-15H,1-3,13H2/t9-/m1/s1. The second-order valence-electron chi connectivity index (χ2n) is 3.31. The van der Waals surface area contributed by atoms with Crippen LogP contribution in [0.5, 0.6) is 5.75 Å². The number of hydrogen-bond donors (Lipinski definition) is 3. The molecule has 1 aromatic rings. The highest BCUT2D eigenvalue weighted by molar-refractivity contribution is 6.37. The van der Waals surface area contributed by atoms with Crippen molar-refractivity contribution in [1.29, 1.82) is 0 Å². The van der Waals surface area contributed by atoms with Crippen LogP contribution in [0.15, 0.2) is 12.1 Å². The largest absolute Gasteiger partial charge is 0.505 e. The summed E-state index contributed by atoms with van der Waals surface area (Å²) < 4.78 is 0. The van der Waals surface area contributed by atoms with E-state index < -0.39 is 0 Å². The van der Waals surface area contributed by atoms with Gasteiger partial charge in [-0.3, -0.25) is 0 Å². The Morgan fingerprint density at radius 2 is 1.80 bits per heavy atom. The third-order valence-electron chi connectivity index (χ3n) is 2.14. The number of halogens is 2. The number of hydrogen-bond acceptors (Lipinski definition) is 3. The van der Waals surface area contributed by atoms with Crippen LogP contribution in [0.4, 0.5) is 0 Å². The Bertz CT molecular complexity index is 321. The van der Waals surface area contributed by atoms with Gasteiger partial charge in [0.25, 0.3) is 0 Å². The van der Waals surface area contributed by atoms with Crippen molar-refractivity contribution >= 4 is 23.2 Å². The number of aliphatic hydroxyl groups excluding tert-OH is 1. The van der Waals surface area contributed by atoms with E-state index in [0.717, 1.165) is 5.56 Å². The normalized spacial score (nSPS) is 12.8. The first-order chi connectivity index (χ1) is 7.06. The average Bonchev–Trinajstić information content (AvgIpc) is 2.21. The third kappa shape index (κ3) is 3.24. The van der Waals surface area contributed by atoms with Gasteiger partial charge in [0, 0.05) is 12.6 Å². The lowest BCUT2D eigenvalue weighted by molar-refractivity contribution is 0.280. The Balaban J connectivity index is 2.86. The molecule has 0 amide bonds. The molecular formula is C10H13Cl2NO2. The molecule has 1 aromatic carbocycles. The molecule has 5 heteroatoms. The summed E-state index contributed by atoms with van der Waals surface area (Å²) in [6, 6.07) is 2.95. The van der Waals surface area contributed by atoms with Crippen molar-refractivity contribution in [2.45, 2.75) is 18.9 Å². The monoisotopic (exact) mass is 249 g/mol. The number of phenols is 1. The molecule has 1 rings (SSSR count). The maximum absolute atomic E-state index is 9.34. The molecule has 1 atom stereocenters. The van der Waals surface area contributed by atoms with E-state index >= 15 is 0 Å². The van der Waals surface area contributed by atoms with E-state index in [1.165, 1.54) is 0 Å². The number of aromatic hydroxyl groups is 1. The molecule has 0 radical (unpaired) electrons. The Morgan fingerprint density at radius 1 is 1.27 bits per heavy atom. The van der Waals surface area contributed by atoms with Crippen molar-refractivity contribution in [2.75, 3.05) is 6.61 Å². The van der Waals surface area contributed by atoms with Gasteiger partial charge in [0.1, 0.15) is 0 Å². The fourth-order valence-electron chi connectivity index (χ4n) is 1.28. The minimum absolute atomic E-state index is 0.104. The summed E-state index contributed by atoms with van der Waals surface area (Å²) in [5.74, 6) is -0.128. The van der Waals surface area contributed by atoms with Crippen LogP contribution in [0.3, 0.4) is 0 Å². The lowest BCUT2D eigenvalue weighted by Gasteiger charge is -2.12. The Labute approximate surface area is 98.4 Å². The van der Waals surface area contributed by atoms with Gasteiger partial charge in [0.15, 0.2) is 5.75 Å². The zero-order valence-corrected chi connectivity index (χ0v) is 9.59. The number of nitrogens with two attached hydrogens (primary N) is 1. The predicted molar refractivity (Wildman–Crippen MR) is 61.4 cm³/mol. The average molecular weight is 250 g/mol. The Morgan fingerprint density at radius 3 is 2.27 bits per heavy atom. The van der Waals surface area contributed by atoms with Gasteiger partial charge in [0.05, 0.1) is 10.0 Å². The topological polar surface area (TPSA) is 66.5 Å². The minimum Gasteiger partial charge on any atom is -0.505 e. The zero-order valence-electron chi connectivity index (χ0n) is 8.08. The van der Waals surface area contributed by atoms with E-state index in [0.29, 0.717) is 12.8 Å². The number of benzene rings is 1. The molecule has 4 N–H and O–H groups in total. The van der Waals surface area contributed by atoms with E-state index in [1.54, 1.807) is 12.1 Å². The number of phenolic OH excluding ortho intramolecular Hbond substituents is 1. The van der Waals surface area contributed by atoms with Gasteiger partial charge in [-0.2, -0.15) is 0 Å². The van der Waals surface area contributed by atoms with Crippen LogP contribution in [-0.2, 0) is 0 Å². The van der Waals surface area contributed by atoms with Crippen molar-refractivity contribution in [1.82, 2.24) is 0 Å². The lowest BCUT2D eigenvalue weighted by atomic mass is 10.0. The minimum atomic E-state index is -0.229. The van der Waals surface area contributed by atoms with Crippen LogP contribution in [0.25, 0.3) is 0 Å². The van der Waals surface area contributed by atoms with E-state index in [2.05, 4.69) is 0 Å².